The topological polar surface area (TPSA) is 81.3 Å². The second-order valence-electron chi connectivity index (χ2n) is 4.32. The zero-order valence-corrected chi connectivity index (χ0v) is 9.43. The number of carboxylic acids is 1. The van der Waals surface area contributed by atoms with Gasteiger partial charge in [0.15, 0.2) is 0 Å². The highest BCUT2D eigenvalue weighted by atomic mass is 16.4. The van der Waals surface area contributed by atoms with Gasteiger partial charge in [-0.15, -0.1) is 0 Å². The largest absolute Gasteiger partial charge is 0.481 e. The van der Waals surface area contributed by atoms with Crippen molar-refractivity contribution in [2.24, 2.45) is 12.5 Å². The molecule has 0 atom stereocenters. The first-order chi connectivity index (χ1) is 7.25. The number of aromatic nitrogens is 2. The lowest BCUT2D eigenvalue weighted by molar-refractivity contribution is -0.147. The second-order valence-corrected chi connectivity index (χ2v) is 4.32. The molecule has 0 aromatic carbocycles. The summed E-state index contributed by atoms with van der Waals surface area (Å²) in [5, 5.41) is 8.93. The molecule has 0 aliphatic carbocycles. The minimum absolute atomic E-state index is 0.144. The minimum atomic E-state index is -1.16. The lowest BCUT2D eigenvalue weighted by atomic mass is 9.94. The van der Waals surface area contributed by atoms with Crippen molar-refractivity contribution in [3.63, 3.8) is 0 Å². The van der Waals surface area contributed by atoms with E-state index in [2.05, 4.69) is 0 Å². The summed E-state index contributed by atoms with van der Waals surface area (Å²) >= 11 is 0. The van der Waals surface area contributed by atoms with Crippen molar-refractivity contribution < 1.29 is 9.90 Å². The highest BCUT2D eigenvalue weighted by Crippen LogP contribution is 2.16. The van der Waals surface area contributed by atoms with E-state index in [-0.39, 0.29) is 6.54 Å². The quantitative estimate of drug-likeness (QED) is 0.764. The second kappa shape index (κ2) is 3.96. The molecule has 0 aliphatic rings. The molecular weight excluding hydrogens is 212 g/mol. The fourth-order valence-corrected chi connectivity index (χ4v) is 1.22. The number of carbonyl (C=O) groups is 1. The van der Waals surface area contributed by atoms with E-state index in [0.29, 0.717) is 0 Å². The van der Waals surface area contributed by atoms with Crippen molar-refractivity contribution >= 4 is 5.97 Å². The van der Waals surface area contributed by atoms with Crippen molar-refractivity contribution in [3.05, 3.63) is 33.1 Å². The molecule has 88 valence electrons. The van der Waals surface area contributed by atoms with Crippen molar-refractivity contribution in [3.8, 4) is 0 Å². The van der Waals surface area contributed by atoms with E-state index in [1.54, 1.807) is 0 Å². The van der Waals surface area contributed by atoms with E-state index < -0.39 is 22.6 Å². The van der Waals surface area contributed by atoms with Gasteiger partial charge in [0.05, 0.1) is 5.41 Å². The fourth-order valence-electron chi connectivity index (χ4n) is 1.22. The summed E-state index contributed by atoms with van der Waals surface area (Å²) < 4.78 is 2.16. The lowest BCUT2D eigenvalue weighted by Crippen LogP contribution is -2.43. The van der Waals surface area contributed by atoms with Crippen LogP contribution in [0.15, 0.2) is 21.9 Å². The van der Waals surface area contributed by atoms with Crippen LogP contribution in [0.25, 0.3) is 0 Å². The van der Waals surface area contributed by atoms with Gasteiger partial charge in [-0.25, -0.2) is 4.79 Å². The predicted octanol–water partition coefficient (Wildman–Crippen LogP) is -0.342. The molecule has 16 heavy (non-hydrogen) atoms. The molecule has 1 aromatic heterocycles. The molecule has 0 unspecified atom stereocenters. The van der Waals surface area contributed by atoms with Crippen LogP contribution in [0.2, 0.25) is 0 Å². The monoisotopic (exact) mass is 226 g/mol. The van der Waals surface area contributed by atoms with Gasteiger partial charge in [-0.1, -0.05) is 0 Å². The maximum absolute atomic E-state index is 11.6. The highest BCUT2D eigenvalue weighted by Gasteiger charge is 2.28. The Morgan fingerprint density at radius 2 is 2.00 bits per heavy atom. The molecule has 0 spiro atoms. The Balaban J connectivity index is 3.27. The molecule has 0 saturated carbocycles. The molecule has 0 amide bonds. The van der Waals surface area contributed by atoms with E-state index in [9.17, 15) is 14.4 Å². The summed E-state index contributed by atoms with van der Waals surface area (Å²) in [6.45, 7) is 2.79. The van der Waals surface area contributed by atoms with Gasteiger partial charge in [-0.2, -0.15) is 0 Å². The third kappa shape index (κ3) is 2.21. The standard InChI is InChI=1S/C10H14N2O4/c1-10(2,8(14)15)6-12-7(13)4-5-11(3)9(12)16/h4-5H,6H2,1-3H3,(H,14,15). The number of hydrogen-bond acceptors (Lipinski definition) is 3. The lowest BCUT2D eigenvalue weighted by Gasteiger charge is -2.19. The molecule has 1 N–H and O–H groups in total. The summed E-state index contributed by atoms with van der Waals surface area (Å²) in [6, 6.07) is 1.24. The van der Waals surface area contributed by atoms with Crippen LogP contribution >= 0.6 is 0 Å². The number of aliphatic carboxylic acids is 1. The SMILES string of the molecule is Cn1ccc(=O)n(CC(C)(C)C(=O)O)c1=O. The number of carboxylic acid groups (broad SMARTS) is 1. The first-order valence-electron chi connectivity index (χ1n) is 4.75. The van der Waals surface area contributed by atoms with Crippen LogP contribution in [0, 0.1) is 5.41 Å². The molecule has 0 aliphatic heterocycles. The molecule has 0 fully saturated rings. The third-order valence-corrected chi connectivity index (χ3v) is 2.37. The molecule has 0 bridgehead atoms. The highest BCUT2D eigenvalue weighted by molar-refractivity contribution is 5.73. The van der Waals surface area contributed by atoms with Crippen molar-refractivity contribution in [1.29, 1.82) is 0 Å². The van der Waals surface area contributed by atoms with E-state index in [0.717, 1.165) is 4.57 Å². The van der Waals surface area contributed by atoms with E-state index in [4.69, 9.17) is 5.11 Å². The summed E-state index contributed by atoms with van der Waals surface area (Å²) in [5.41, 5.74) is -2.16. The maximum Gasteiger partial charge on any atom is 0.330 e. The van der Waals surface area contributed by atoms with Crippen LogP contribution in [-0.2, 0) is 18.4 Å². The molecule has 1 aromatic rings. The van der Waals surface area contributed by atoms with Crippen molar-refractivity contribution in [2.75, 3.05) is 0 Å². The molecule has 0 saturated heterocycles. The average molecular weight is 226 g/mol. The molecule has 6 nitrogen and oxygen atoms in total. The summed E-state index contributed by atoms with van der Waals surface area (Å²) in [6.07, 6.45) is 1.36. The number of nitrogens with zero attached hydrogens (tertiary/aromatic N) is 2. The predicted molar refractivity (Wildman–Crippen MR) is 57.4 cm³/mol. The van der Waals surface area contributed by atoms with Crippen molar-refractivity contribution in [1.82, 2.24) is 9.13 Å². The smallest absolute Gasteiger partial charge is 0.330 e. The van der Waals surface area contributed by atoms with Crippen molar-refractivity contribution in [2.45, 2.75) is 20.4 Å². The van der Waals surface area contributed by atoms with Crippen LogP contribution in [0.3, 0.4) is 0 Å². The van der Waals surface area contributed by atoms with Crippen LogP contribution in [0.4, 0.5) is 0 Å². The maximum atomic E-state index is 11.6. The van der Waals surface area contributed by atoms with E-state index in [1.165, 1.54) is 37.7 Å². The van der Waals surface area contributed by atoms with Gasteiger partial charge in [0, 0.05) is 25.9 Å². The normalized spacial score (nSPS) is 11.4. The zero-order chi connectivity index (χ0) is 12.5. The Hall–Kier alpha value is -1.85. The van der Waals surface area contributed by atoms with Gasteiger partial charge in [-0.3, -0.25) is 14.2 Å². The molecular formula is C10H14N2O4. The Bertz CT molecular complexity index is 524. The summed E-state index contributed by atoms with van der Waals surface area (Å²) in [7, 11) is 1.51. The summed E-state index contributed by atoms with van der Waals surface area (Å²) in [4.78, 5) is 34.0. The molecule has 0 radical (unpaired) electrons. The van der Waals surface area contributed by atoms with E-state index >= 15 is 0 Å². The Kier molecular flexibility index (Phi) is 3.02. The zero-order valence-electron chi connectivity index (χ0n) is 9.43. The Morgan fingerprint density at radius 1 is 1.44 bits per heavy atom. The fraction of sp³-hybridized carbons (Fsp3) is 0.500. The van der Waals surface area contributed by atoms with E-state index in [1.807, 2.05) is 0 Å². The molecule has 6 heteroatoms. The molecule has 1 rings (SSSR count). The Morgan fingerprint density at radius 3 is 2.50 bits per heavy atom. The van der Waals surface area contributed by atoms with Gasteiger partial charge < -0.3 is 9.67 Å². The van der Waals surface area contributed by atoms with Gasteiger partial charge in [0.25, 0.3) is 5.56 Å². The minimum Gasteiger partial charge on any atom is -0.481 e. The van der Waals surface area contributed by atoms with Crippen LogP contribution in [0.5, 0.6) is 0 Å². The first-order valence-corrected chi connectivity index (χ1v) is 4.75. The van der Waals surface area contributed by atoms with Crippen LogP contribution < -0.4 is 11.2 Å². The average Bonchev–Trinajstić information content (AvgIpc) is 2.18. The number of rotatable bonds is 3. The Labute approximate surface area is 91.8 Å². The number of aryl methyl sites for hydroxylation is 1. The number of hydrogen-bond donors (Lipinski definition) is 1. The van der Waals surface area contributed by atoms with Gasteiger partial charge in [-0.05, 0) is 13.8 Å². The van der Waals surface area contributed by atoms with Gasteiger partial charge >= 0.3 is 11.7 Å². The first kappa shape index (κ1) is 12.2. The summed E-state index contributed by atoms with van der Waals surface area (Å²) in [5.74, 6) is -1.05. The third-order valence-electron chi connectivity index (χ3n) is 2.37. The molecule has 1 heterocycles. The van der Waals surface area contributed by atoms with Gasteiger partial charge in [0.2, 0.25) is 0 Å². The van der Waals surface area contributed by atoms with Crippen LogP contribution in [-0.4, -0.2) is 20.2 Å². The van der Waals surface area contributed by atoms with Crippen LogP contribution in [0.1, 0.15) is 13.8 Å². The van der Waals surface area contributed by atoms with Gasteiger partial charge in [0.1, 0.15) is 0 Å².